The maximum atomic E-state index is 5.62. The Morgan fingerprint density at radius 3 is 1.41 bits per heavy atom. The Kier molecular flexibility index (Phi) is 21.8. The molecule has 2 unspecified atom stereocenters. The van der Waals surface area contributed by atoms with Crippen molar-refractivity contribution in [3.05, 3.63) is 0 Å². The van der Waals surface area contributed by atoms with Crippen LogP contribution in [-0.4, -0.2) is 102 Å². The van der Waals surface area contributed by atoms with Gasteiger partial charge in [0.25, 0.3) is 0 Å². The highest BCUT2D eigenvalue weighted by atomic mass is 31.1. The Bertz CT molecular complexity index is 267. The number of methoxy groups -OCH3 is 1. The lowest BCUT2D eigenvalue weighted by atomic mass is 10.5. The number of ether oxygens (including phenoxy) is 5. The van der Waals surface area contributed by atoms with Gasteiger partial charge in [-0.1, -0.05) is 0 Å². The highest BCUT2D eigenvalue weighted by molar-refractivity contribution is 7.38. The molecule has 0 fully saturated rings. The van der Waals surface area contributed by atoms with Crippen molar-refractivity contribution in [2.24, 2.45) is 0 Å². The van der Waals surface area contributed by atoms with Crippen LogP contribution in [0.15, 0.2) is 0 Å². The van der Waals surface area contributed by atoms with Crippen LogP contribution in [-0.2, 0) is 23.7 Å². The highest BCUT2D eigenvalue weighted by Crippen LogP contribution is 2.17. The monoisotopic (exact) mass is 427 g/mol. The summed E-state index contributed by atoms with van der Waals surface area (Å²) in [5.74, 6) is 0. The van der Waals surface area contributed by atoms with Crippen LogP contribution in [0.4, 0.5) is 0 Å². The van der Waals surface area contributed by atoms with Gasteiger partial charge in [0.05, 0.1) is 6.61 Å². The Hall–Kier alpha value is 0.620. The summed E-state index contributed by atoms with van der Waals surface area (Å²) in [7, 11) is 3.49. The van der Waals surface area contributed by atoms with Crippen molar-refractivity contribution in [3.8, 4) is 0 Å². The second kappa shape index (κ2) is 21.3. The largest absolute Gasteiger partial charge is 0.383 e. The van der Waals surface area contributed by atoms with Crippen molar-refractivity contribution in [2.45, 2.75) is 40.3 Å². The van der Waals surface area contributed by atoms with Crippen LogP contribution in [0.25, 0.3) is 0 Å². The molecule has 0 N–H and O–H groups in total. The van der Waals surface area contributed by atoms with Crippen LogP contribution >= 0.6 is 17.2 Å². The number of rotatable bonds is 21. The van der Waals surface area contributed by atoms with Crippen molar-refractivity contribution >= 4 is 17.2 Å². The van der Waals surface area contributed by atoms with Crippen molar-refractivity contribution in [1.82, 2.24) is 4.90 Å². The van der Waals surface area contributed by atoms with E-state index in [9.17, 15) is 0 Å². The maximum Gasteiger partial charge on any atom is 0.161 e. The fourth-order valence-corrected chi connectivity index (χ4v) is 4.85. The molecule has 0 rings (SSSR count). The van der Waals surface area contributed by atoms with Crippen LogP contribution in [0.1, 0.15) is 27.7 Å². The van der Waals surface area contributed by atoms with Crippen LogP contribution in [0.2, 0.25) is 0 Å². The third-order valence-corrected chi connectivity index (χ3v) is 6.25. The fraction of sp³-hybridized carbons (Fsp3) is 1.00. The number of hydrogen-bond acceptors (Lipinski definition) is 6. The summed E-state index contributed by atoms with van der Waals surface area (Å²) in [6, 6.07) is 0. The van der Waals surface area contributed by atoms with E-state index in [1.54, 1.807) is 7.11 Å². The number of hydrogen-bond donors (Lipinski definition) is 0. The predicted molar refractivity (Wildman–Crippen MR) is 118 cm³/mol. The molecule has 8 heteroatoms. The number of nitrogens with zero attached hydrogens (tertiary/aromatic N) is 1. The quantitative estimate of drug-likeness (QED) is 0.159. The second-order valence-corrected chi connectivity index (χ2v) is 8.74. The van der Waals surface area contributed by atoms with Gasteiger partial charge >= 0.3 is 0 Å². The minimum Gasteiger partial charge on any atom is -0.383 e. The van der Waals surface area contributed by atoms with Crippen LogP contribution < -0.4 is 0 Å². The van der Waals surface area contributed by atoms with Gasteiger partial charge in [-0.2, -0.15) is 0 Å². The van der Waals surface area contributed by atoms with E-state index in [4.69, 9.17) is 23.7 Å². The third kappa shape index (κ3) is 17.2. The molecule has 0 aromatic heterocycles. The van der Waals surface area contributed by atoms with Gasteiger partial charge in [-0.15, -0.1) is 17.2 Å². The first-order valence-corrected chi connectivity index (χ1v) is 13.1. The van der Waals surface area contributed by atoms with Gasteiger partial charge in [0.15, 0.2) is 12.6 Å². The molecule has 0 radical (unpaired) electrons. The van der Waals surface area contributed by atoms with Gasteiger partial charge in [-0.05, 0) is 40.0 Å². The second-order valence-electron chi connectivity index (χ2n) is 5.92. The van der Waals surface area contributed by atoms with Gasteiger partial charge in [-0.25, -0.2) is 0 Å². The van der Waals surface area contributed by atoms with E-state index in [1.807, 2.05) is 27.7 Å². The molecule has 0 saturated carbocycles. The summed E-state index contributed by atoms with van der Waals surface area (Å²) in [5, 5.41) is 0. The summed E-state index contributed by atoms with van der Waals surface area (Å²) >= 11 is 0. The predicted octanol–water partition coefficient (Wildman–Crippen LogP) is 3.09. The van der Waals surface area contributed by atoms with E-state index < -0.39 is 0 Å². The molecule has 0 aliphatic carbocycles. The highest BCUT2D eigenvalue weighted by Gasteiger charge is 2.10. The Balaban J connectivity index is 4.04. The maximum absolute atomic E-state index is 5.62. The molecule has 27 heavy (non-hydrogen) atoms. The molecule has 0 aliphatic rings. The molecule has 0 spiro atoms. The fourth-order valence-electron chi connectivity index (χ4n) is 2.55. The van der Waals surface area contributed by atoms with E-state index in [-0.39, 0.29) is 12.6 Å². The van der Waals surface area contributed by atoms with Gasteiger partial charge in [0.2, 0.25) is 0 Å². The molecule has 0 saturated heterocycles. The smallest absolute Gasteiger partial charge is 0.161 e. The molecule has 2 atom stereocenters. The van der Waals surface area contributed by atoms with Gasteiger partial charge < -0.3 is 28.6 Å². The first-order valence-electron chi connectivity index (χ1n) is 10.3. The average Bonchev–Trinajstić information content (AvgIpc) is 2.66. The molecule has 0 bridgehead atoms. The molecular formula is C19H43NO5P2. The Morgan fingerprint density at radius 2 is 1.07 bits per heavy atom. The summed E-state index contributed by atoms with van der Waals surface area (Å²) in [6.45, 7) is 14.9. The van der Waals surface area contributed by atoms with Crippen LogP contribution in [0.5, 0.6) is 0 Å². The van der Waals surface area contributed by atoms with Gasteiger partial charge in [0, 0.05) is 65.5 Å². The minimum atomic E-state index is -0.0405. The average molecular weight is 428 g/mol. The Morgan fingerprint density at radius 1 is 0.667 bits per heavy atom. The molecule has 0 aromatic rings. The van der Waals surface area contributed by atoms with Crippen molar-refractivity contribution in [2.75, 3.05) is 84.4 Å². The lowest BCUT2D eigenvalue weighted by molar-refractivity contribution is -0.120. The molecule has 0 amide bonds. The zero-order valence-electron chi connectivity index (χ0n) is 18.1. The third-order valence-electron chi connectivity index (χ3n) is 3.85. The SMILES string of the molecule is CCOC(CPCCN(CCOC)CCPCC(OCC)OCC)OCC. The van der Waals surface area contributed by atoms with E-state index in [2.05, 4.69) is 4.90 Å². The molecule has 164 valence electrons. The zero-order chi connectivity index (χ0) is 20.2. The van der Waals surface area contributed by atoms with E-state index in [0.29, 0.717) is 26.4 Å². The normalized spacial score (nSPS) is 12.9. The van der Waals surface area contributed by atoms with Gasteiger partial charge in [0.1, 0.15) is 0 Å². The molecule has 0 aliphatic heterocycles. The summed E-state index contributed by atoms with van der Waals surface area (Å²) in [5.41, 5.74) is 0. The van der Waals surface area contributed by atoms with Crippen molar-refractivity contribution in [1.29, 1.82) is 0 Å². The molecule has 0 aromatic carbocycles. The van der Waals surface area contributed by atoms with Crippen LogP contribution in [0, 0.1) is 0 Å². The minimum absolute atomic E-state index is 0.0405. The first kappa shape index (κ1) is 27.6. The van der Waals surface area contributed by atoms with Crippen LogP contribution in [0.3, 0.4) is 0 Å². The van der Waals surface area contributed by atoms with E-state index in [1.165, 1.54) is 12.3 Å². The Labute approximate surface area is 170 Å². The van der Waals surface area contributed by atoms with E-state index >= 15 is 0 Å². The summed E-state index contributed by atoms with van der Waals surface area (Å²) in [4.78, 5) is 2.51. The first-order chi connectivity index (χ1) is 13.2. The van der Waals surface area contributed by atoms with Gasteiger partial charge in [-0.3, -0.25) is 0 Å². The molecule has 6 nitrogen and oxygen atoms in total. The topological polar surface area (TPSA) is 49.4 Å². The summed E-state index contributed by atoms with van der Waals surface area (Å²) in [6.07, 6.45) is 4.27. The zero-order valence-corrected chi connectivity index (χ0v) is 20.1. The van der Waals surface area contributed by atoms with Crippen molar-refractivity contribution < 1.29 is 23.7 Å². The lowest BCUT2D eigenvalue weighted by Crippen LogP contribution is -2.32. The van der Waals surface area contributed by atoms with E-state index in [0.717, 1.165) is 55.7 Å². The molecular weight excluding hydrogens is 384 g/mol. The van der Waals surface area contributed by atoms with Crippen molar-refractivity contribution in [3.63, 3.8) is 0 Å². The molecule has 0 heterocycles. The standard InChI is InChI=1S/C19H43NO5P2/c1-6-22-18(23-7-2)16-26-14-11-20(10-13-21-5)12-15-27-17-19(24-8-3)25-9-4/h18-19,26-27H,6-17H2,1-5H3. The summed E-state index contributed by atoms with van der Waals surface area (Å²) < 4.78 is 27.8. The lowest BCUT2D eigenvalue weighted by Gasteiger charge is -2.23.